The Bertz CT molecular complexity index is 131. The van der Waals surface area contributed by atoms with Crippen LogP contribution in [-0.4, -0.2) is 26.4 Å². The summed E-state index contributed by atoms with van der Waals surface area (Å²) in [5.41, 5.74) is 0. The minimum absolute atomic E-state index is 0.0787. The molecule has 0 bridgehead atoms. The van der Waals surface area contributed by atoms with Gasteiger partial charge >= 0.3 is 0 Å². The second-order valence-corrected chi connectivity index (χ2v) is 2.17. The summed E-state index contributed by atoms with van der Waals surface area (Å²) in [7, 11) is 3.36. The van der Waals surface area contributed by atoms with E-state index >= 15 is 0 Å². The molecule has 0 N–H and O–H groups in total. The van der Waals surface area contributed by atoms with E-state index < -0.39 is 0 Å². The Balaban J connectivity index is 2.55. The molecule has 0 aromatic carbocycles. The maximum absolute atomic E-state index is 5.13. The first-order valence-electron chi connectivity index (χ1n) is 3.29. The van der Waals surface area contributed by atoms with Gasteiger partial charge in [0.15, 0.2) is 0 Å². The van der Waals surface area contributed by atoms with E-state index in [9.17, 15) is 0 Å². The van der Waals surface area contributed by atoms with Gasteiger partial charge in [0.05, 0.1) is 0 Å². The second-order valence-electron chi connectivity index (χ2n) is 2.17. The van der Waals surface area contributed by atoms with Crippen LogP contribution in [0.25, 0.3) is 0 Å². The number of hydrogen-bond donors (Lipinski definition) is 0. The standard InChI is InChI=1S/C8H12O2/c1-9-7-5-3-4-6-8(7)10-2/h3-8H,1-2H3/t7-,8-/m1/s1. The van der Waals surface area contributed by atoms with Crippen LogP contribution in [0.15, 0.2) is 24.3 Å². The molecule has 2 atom stereocenters. The molecule has 0 aliphatic heterocycles. The Labute approximate surface area is 61.1 Å². The first kappa shape index (κ1) is 7.51. The number of methoxy groups -OCH3 is 2. The third kappa shape index (κ3) is 1.46. The van der Waals surface area contributed by atoms with Crippen molar-refractivity contribution >= 4 is 0 Å². The number of hydrogen-bond acceptors (Lipinski definition) is 2. The van der Waals surface area contributed by atoms with Gasteiger partial charge in [0.25, 0.3) is 0 Å². The quantitative estimate of drug-likeness (QED) is 0.572. The molecule has 0 saturated carbocycles. The van der Waals surface area contributed by atoms with Gasteiger partial charge in [-0.3, -0.25) is 0 Å². The van der Waals surface area contributed by atoms with Crippen molar-refractivity contribution in [1.82, 2.24) is 0 Å². The van der Waals surface area contributed by atoms with Crippen molar-refractivity contribution in [2.75, 3.05) is 14.2 Å². The SMILES string of the molecule is CO[C@@H]1C=CC=C[C@H]1OC. The van der Waals surface area contributed by atoms with E-state index in [0.717, 1.165) is 0 Å². The molecule has 0 fully saturated rings. The average Bonchev–Trinajstić information content (AvgIpc) is 2.04. The van der Waals surface area contributed by atoms with Crippen molar-refractivity contribution < 1.29 is 9.47 Å². The minimum atomic E-state index is 0.0787. The molecule has 0 heterocycles. The summed E-state index contributed by atoms with van der Waals surface area (Å²) >= 11 is 0. The van der Waals surface area contributed by atoms with Crippen molar-refractivity contribution in [2.24, 2.45) is 0 Å². The van der Waals surface area contributed by atoms with Crippen LogP contribution in [0.3, 0.4) is 0 Å². The molecule has 10 heavy (non-hydrogen) atoms. The smallest absolute Gasteiger partial charge is 0.105 e. The van der Waals surface area contributed by atoms with Crippen LogP contribution in [0.2, 0.25) is 0 Å². The van der Waals surface area contributed by atoms with Crippen molar-refractivity contribution in [3.63, 3.8) is 0 Å². The van der Waals surface area contributed by atoms with Gasteiger partial charge in [-0.1, -0.05) is 24.3 Å². The lowest BCUT2D eigenvalue weighted by Crippen LogP contribution is -2.27. The van der Waals surface area contributed by atoms with Gasteiger partial charge in [0.1, 0.15) is 12.2 Å². The monoisotopic (exact) mass is 140 g/mol. The average molecular weight is 140 g/mol. The largest absolute Gasteiger partial charge is 0.374 e. The van der Waals surface area contributed by atoms with Crippen molar-refractivity contribution in [3.8, 4) is 0 Å². The fraction of sp³-hybridized carbons (Fsp3) is 0.500. The molecular formula is C8H12O2. The van der Waals surface area contributed by atoms with Crippen LogP contribution < -0.4 is 0 Å². The first-order valence-corrected chi connectivity index (χ1v) is 3.29. The highest BCUT2D eigenvalue weighted by atomic mass is 16.5. The fourth-order valence-electron chi connectivity index (χ4n) is 0.992. The van der Waals surface area contributed by atoms with Gasteiger partial charge < -0.3 is 9.47 Å². The van der Waals surface area contributed by atoms with Crippen LogP contribution in [0.5, 0.6) is 0 Å². The maximum atomic E-state index is 5.13. The Morgan fingerprint density at radius 1 is 0.900 bits per heavy atom. The number of allylic oxidation sites excluding steroid dienone is 2. The molecule has 0 saturated heterocycles. The predicted molar refractivity (Wildman–Crippen MR) is 39.9 cm³/mol. The zero-order valence-corrected chi connectivity index (χ0v) is 6.28. The Hall–Kier alpha value is -0.600. The molecule has 1 rings (SSSR count). The summed E-state index contributed by atoms with van der Waals surface area (Å²) in [5.74, 6) is 0. The molecule has 0 amide bonds. The molecule has 0 unspecified atom stereocenters. The molecule has 2 heteroatoms. The van der Waals surface area contributed by atoms with Gasteiger partial charge in [-0.2, -0.15) is 0 Å². The number of ether oxygens (including phenoxy) is 2. The van der Waals surface area contributed by atoms with Crippen LogP contribution in [-0.2, 0) is 9.47 Å². The maximum Gasteiger partial charge on any atom is 0.105 e. The topological polar surface area (TPSA) is 18.5 Å². The molecule has 1 aliphatic carbocycles. The zero-order chi connectivity index (χ0) is 7.40. The number of rotatable bonds is 2. The van der Waals surface area contributed by atoms with E-state index in [1.54, 1.807) is 14.2 Å². The van der Waals surface area contributed by atoms with E-state index in [0.29, 0.717) is 0 Å². The minimum Gasteiger partial charge on any atom is -0.374 e. The van der Waals surface area contributed by atoms with Crippen LogP contribution in [0.4, 0.5) is 0 Å². The molecule has 0 radical (unpaired) electrons. The highest BCUT2D eigenvalue weighted by Crippen LogP contribution is 2.10. The zero-order valence-electron chi connectivity index (χ0n) is 6.28. The molecule has 0 aromatic rings. The lowest BCUT2D eigenvalue weighted by atomic mass is 10.1. The molecule has 1 aliphatic rings. The van der Waals surface area contributed by atoms with Crippen molar-refractivity contribution in [1.29, 1.82) is 0 Å². The molecule has 0 aromatic heterocycles. The summed E-state index contributed by atoms with van der Waals surface area (Å²) in [5, 5.41) is 0. The second kappa shape index (κ2) is 3.54. The van der Waals surface area contributed by atoms with Crippen LogP contribution >= 0.6 is 0 Å². The Kier molecular flexibility index (Phi) is 2.66. The summed E-state index contributed by atoms with van der Waals surface area (Å²) in [6, 6.07) is 0. The van der Waals surface area contributed by atoms with Gasteiger partial charge in [0.2, 0.25) is 0 Å². The highest BCUT2D eigenvalue weighted by Gasteiger charge is 2.16. The van der Waals surface area contributed by atoms with E-state index in [4.69, 9.17) is 9.47 Å². The Morgan fingerprint density at radius 2 is 1.30 bits per heavy atom. The lowest BCUT2D eigenvalue weighted by Gasteiger charge is -2.20. The summed E-state index contributed by atoms with van der Waals surface area (Å²) in [6.07, 6.45) is 8.04. The fourth-order valence-corrected chi connectivity index (χ4v) is 0.992. The van der Waals surface area contributed by atoms with Gasteiger partial charge in [-0.25, -0.2) is 0 Å². The lowest BCUT2D eigenvalue weighted by molar-refractivity contribution is 0.0140. The van der Waals surface area contributed by atoms with E-state index in [1.807, 2.05) is 24.3 Å². The van der Waals surface area contributed by atoms with E-state index in [-0.39, 0.29) is 12.2 Å². The Morgan fingerprint density at radius 3 is 1.60 bits per heavy atom. The van der Waals surface area contributed by atoms with Crippen molar-refractivity contribution in [2.45, 2.75) is 12.2 Å². The summed E-state index contributed by atoms with van der Waals surface area (Å²) < 4.78 is 10.3. The third-order valence-electron chi connectivity index (χ3n) is 1.58. The third-order valence-corrected chi connectivity index (χ3v) is 1.58. The van der Waals surface area contributed by atoms with E-state index in [2.05, 4.69) is 0 Å². The van der Waals surface area contributed by atoms with Crippen LogP contribution in [0.1, 0.15) is 0 Å². The normalized spacial score (nSPS) is 31.0. The molecular weight excluding hydrogens is 128 g/mol. The van der Waals surface area contributed by atoms with E-state index in [1.165, 1.54) is 0 Å². The first-order chi connectivity index (χ1) is 4.88. The van der Waals surface area contributed by atoms with Crippen molar-refractivity contribution in [3.05, 3.63) is 24.3 Å². The molecule has 2 nitrogen and oxygen atoms in total. The van der Waals surface area contributed by atoms with Gasteiger partial charge in [-0.05, 0) is 0 Å². The van der Waals surface area contributed by atoms with Gasteiger partial charge in [-0.15, -0.1) is 0 Å². The summed E-state index contributed by atoms with van der Waals surface area (Å²) in [4.78, 5) is 0. The van der Waals surface area contributed by atoms with Crippen LogP contribution in [0, 0.1) is 0 Å². The summed E-state index contributed by atoms with van der Waals surface area (Å²) in [6.45, 7) is 0. The molecule has 0 spiro atoms. The van der Waals surface area contributed by atoms with Gasteiger partial charge in [0, 0.05) is 14.2 Å². The molecule has 56 valence electrons. The highest BCUT2D eigenvalue weighted by molar-refractivity contribution is 5.16. The predicted octanol–water partition coefficient (Wildman–Crippen LogP) is 1.14.